The largest absolute Gasteiger partial charge is 0.399 e. The number of imide groups is 1. The molecule has 0 spiro atoms. The van der Waals surface area contributed by atoms with E-state index in [-0.39, 0.29) is 10.6 Å². The second-order valence-corrected chi connectivity index (χ2v) is 3.91. The first-order valence-electron chi connectivity index (χ1n) is 4.26. The molecule has 3 amide bonds. The van der Waals surface area contributed by atoms with E-state index >= 15 is 0 Å². The van der Waals surface area contributed by atoms with E-state index in [4.69, 9.17) is 11.5 Å². The predicted molar refractivity (Wildman–Crippen MR) is 59.3 cm³/mol. The topological polar surface area (TPSA) is 98.2 Å². The van der Waals surface area contributed by atoms with Gasteiger partial charge in [-0.2, -0.15) is 0 Å². The third-order valence-corrected chi connectivity index (χ3v) is 2.63. The van der Waals surface area contributed by atoms with Crippen molar-refractivity contribution in [2.24, 2.45) is 5.73 Å². The minimum absolute atomic E-state index is 0.0935. The number of nitrogen functional groups attached to an aromatic ring is 1. The van der Waals surface area contributed by atoms with Gasteiger partial charge in [0, 0.05) is 10.6 Å². The van der Waals surface area contributed by atoms with E-state index in [0.29, 0.717) is 5.69 Å². The quantitative estimate of drug-likeness (QED) is 0.537. The highest BCUT2D eigenvalue weighted by Crippen LogP contribution is 2.22. The first-order valence-corrected chi connectivity index (χ1v) is 5.24. The number of thioether (sulfide) groups is 1. The molecule has 0 aliphatic rings. The highest BCUT2D eigenvalue weighted by molar-refractivity contribution is 8.00. The molecule has 86 valence electrons. The number of anilines is 1. The molecule has 7 heteroatoms. The number of benzene rings is 1. The molecule has 0 bridgehead atoms. The van der Waals surface area contributed by atoms with Gasteiger partial charge in [-0.25, -0.2) is 9.18 Å². The molecule has 5 nitrogen and oxygen atoms in total. The fourth-order valence-electron chi connectivity index (χ4n) is 0.951. The van der Waals surface area contributed by atoms with Gasteiger partial charge in [-0.15, -0.1) is 11.8 Å². The zero-order valence-corrected chi connectivity index (χ0v) is 9.01. The summed E-state index contributed by atoms with van der Waals surface area (Å²) < 4.78 is 13.2. The molecule has 0 aliphatic heterocycles. The molecule has 1 aromatic carbocycles. The first kappa shape index (κ1) is 12.3. The summed E-state index contributed by atoms with van der Waals surface area (Å²) in [5.74, 6) is -1.17. The number of carbonyl (C=O) groups is 2. The van der Waals surface area contributed by atoms with Gasteiger partial charge in [-0.3, -0.25) is 10.1 Å². The molecular formula is C9H10FN3O2S. The maximum Gasteiger partial charge on any atom is 0.318 e. The van der Waals surface area contributed by atoms with Crippen molar-refractivity contribution in [2.45, 2.75) is 4.90 Å². The minimum Gasteiger partial charge on any atom is -0.399 e. The Hall–Kier alpha value is -1.76. The van der Waals surface area contributed by atoms with Gasteiger partial charge in [-0.05, 0) is 18.2 Å². The maximum atomic E-state index is 13.2. The molecule has 5 N–H and O–H groups in total. The number of halogens is 1. The molecule has 0 aromatic heterocycles. The van der Waals surface area contributed by atoms with E-state index in [1.165, 1.54) is 12.1 Å². The van der Waals surface area contributed by atoms with Crippen LogP contribution in [-0.4, -0.2) is 17.7 Å². The maximum absolute atomic E-state index is 13.2. The third-order valence-electron chi connectivity index (χ3n) is 1.58. The number of carbonyl (C=O) groups excluding carboxylic acids is 2. The monoisotopic (exact) mass is 243 g/mol. The number of hydrogen-bond acceptors (Lipinski definition) is 4. The standard InChI is InChI=1S/C9H10FN3O2S/c10-6-3-5(11)1-2-7(6)16-4-8(14)13-9(12)15/h1-3H,4,11H2,(H3,12,13,14,15). The predicted octanol–water partition coefficient (Wildman–Crippen LogP) is 0.695. The van der Waals surface area contributed by atoms with Crippen molar-refractivity contribution in [3.8, 4) is 0 Å². The number of nitrogens with one attached hydrogen (secondary N) is 1. The van der Waals surface area contributed by atoms with Crippen LogP contribution < -0.4 is 16.8 Å². The minimum atomic E-state index is -0.927. The number of nitrogens with two attached hydrogens (primary N) is 2. The van der Waals surface area contributed by atoms with E-state index in [1.807, 2.05) is 5.32 Å². The zero-order chi connectivity index (χ0) is 12.1. The Balaban J connectivity index is 2.54. The van der Waals surface area contributed by atoms with Crippen molar-refractivity contribution in [3.05, 3.63) is 24.0 Å². The molecular weight excluding hydrogens is 233 g/mol. The van der Waals surface area contributed by atoms with Crippen LogP contribution in [0, 0.1) is 5.82 Å². The number of rotatable bonds is 3. The van der Waals surface area contributed by atoms with Gasteiger partial charge >= 0.3 is 6.03 Å². The number of hydrogen-bond donors (Lipinski definition) is 3. The Labute approximate surface area is 95.4 Å². The summed E-state index contributed by atoms with van der Waals surface area (Å²) in [6, 6.07) is 3.22. The molecule has 1 rings (SSSR count). The summed E-state index contributed by atoms with van der Waals surface area (Å²) in [5.41, 5.74) is 10.4. The number of primary amides is 1. The van der Waals surface area contributed by atoms with Crippen LogP contribution in [0.15, 0.2) is 23.1 Å². The molecule has 0 saturated carbocycles. The fraction of sp³-hybridized carbons (Fsp3) is 0.111. The van der Waals surface area contributed by atoms with Gasteiger partial charge in [0.05, 0.1) is 5.75 Å². The molecule has 0 saturated heterocycles. The van der Waals surface area contributed by atoms with E-state index < -0.39 is 17.8 Å². The van der Waals surface area contributed by atoms with Crippen molar-refractivity contribution in [2.75, 3.05) is 11.5 Å². The highest BCUT2D eigenvalue weighted by Gasteiger charge is 2.08. The lowest BCUT2D eigenvalue weighted by atomic mass is 10.3. The summed E-state index contributed by atoms with van der Waals surface area (Å²) in [4.78, 5) is 21.6. The summed E-state index contributed by atoms with van der Waals surface area (Å²) in [6.07, 6.45) is 0. The van der Waals surface area contributed by atoms with E-state index in [0.717, 1.165) is 17.8 Å². The Morgan fingerprint density at radius 1 is 1.44 bits per heavy atom. The van der Waals surface area contributed by atoms with Crippen LogP contribution in [0.3, 0.4) is 0 Å². The van der Waals surface area contributed by atoms with Gasteiger partial charge in [0.15, 0.2) is 0 Å². The molecule has 0 fully saturated rings. The third kappa shape index (κ3) is 3.77. The fourth-order valence-corrected chi connectivity index (χ4v) is 1.67. The van der Waals surface area contributed by atoms with Gasteiger partial charge in [0.25, 0.3) is 0 Å². The van der Waals surface area contributed by atoms with Crippen molar-refractivity contribution >= 4 is 29.4 Å². The second kappa shape index (κ2) is 5.36. The molecule has 1 aromatic rings. The van der Waals surface area contributed by atoms with Crippen molar-refractivity contribution < 1.29 is 14.0 Å². The van der Waals surface area contributed by atoms with Crippen LogP contribution in [-0.2, 0) is 4.79 Å². The molecule has 16 heavy (non-hydrogen) atoms. The summed E-state index contributed by atoms with van der Waals surface area (Å²) in [5, 5.41) is 1.88. The van der Waals surface area contributed by atoms with Crippen LogP contribution in [0.25, 0.3) is 0 Å². The zero-order valence-electron chi connectivity index (χ0n) is 8.20. The lowest BCUT2D eigenvalue weighted by molar-refractivity contribution is -0.117. The van der Waals surface area contributed by atoms with Crippen molar-refractivity contribution in [1.82, 2.24) is 5.32 Å². The molecule has 0 heterocycles. The van der Waals surface area contributed by atoms with E-state index in [1.54, 1.807) is 0 Å². The normalized spacial score (nSPS) is 9.81. The molecule has 0 unspecified atom stereocenters. The van der Waals surface area contributed by atoms with Gasteiger partial charge in [0.1, 0.15) is 5.82 Å². The summed E-state index contributed by atoms with van der Waals surface area (Å²) >= 11 is 0.955. The van der Waals surface area contributed by atoms with Crippen molar-refractivity contribution in [1.29, 1.82) is 0 Å². The number of urea groups is 1. The Bertz CT molecular complexity index is 425. The van der Waals surface area contributed by atoms with Crippen LogP contribution in [0.1, 0.15) is 0 Å². The van der Waals surface area contributed by atoms with E-state index in [9.17, 15) is 14.0 Å². The molecule has 0 atom stereocenters. The Kier molecular flexibility index (Phi) is 4.12. The smallest absolute Gasteiger partial charge is 0.318 e. The van der Waals surface area contributed by atoms with Crippen LogP contribution >= 0.6 is 11.8 Å². The lowest BCUT2D eigenvalue weighted by Crippen LogP contribution is -2.36. The SMILES string of the molecule is NC(=O)NC(=O)CSc1ccc(N)cc1F. The molecule has 0 aliphatic carbocycles. The van der Waals surface area contributed by atoms with Crippen LogP contribution in [0.5, 0.6) is 0 Å². The highest BCUT2D eigenvalue weighted by atomic mass is 32.2. The Morgan fingerprint density at radius 2 is 2.12 bits per heavy atom. The van der Waals surface area contributed by atoms with Crippen LogP contribution in [0.2, 0.25) is 0 Å². The van der Waals surface area contributed by atoms with Crippen molar-refractivity contribution in [3.63, 3.8) is 0 Å². The van der Waals surface area contributed by atoms with E-state index in [2.05, 4.69) is 0 Å². The average Bonchev–Trinajstić information content (AvgIpc) is 2.15. The second-order valence-electron chi connectivity index (χ2n) is 2.89. The van der Waals surface area contributed by atoms with Crippen LogP contribution in [0.4, 0.5) is 14.9 Å². The lowest BCUT2D eigenvalue weighted by Gasteiger charge is -2.03. The Morgan fingerprint density at radius 3 is 2.69 bits per heavy atom. The average molecular weight is 243 g/mol. The summed E-state index contributed by atoms with van der Waals surface area (Å²) in [6.45, 7) is 0. The summed E-state index contributed by atoms with van der Waals surface area (Å²) in [7, 11) is 0. The van der Waals surface area contributed by atoms with Gasteiger partial charge in [-0.1, -0.05) is 0 Å². The number of amides is 3. The van der Waals surface area contributed by atoms with Gasteiger partial charge in [0.2, 0.25) is 5.91 Å². The first-order chi connectivity index (χ1) is 7.49. The van der Waals surface area contributed by atoms with Gasteiger partial charge < -0.3 is 11.5 Å². The molecule has 0 radical (unpaired) electrons.